The van der Waals surface area contributed by atoms with Crippen molar-refractivity contribution in [3.63, 3.8) is 0 Å². The first kappa shape index (κ1) is 10.5. The Morgan fingerprint density at radius 1 is 1.50 bits per heavy atom. The van der Waals surface area contributed by atoms with E-state index < -0.39 is 0 Å². The minimum absolute atomic E-state index is 0.666. The third kappa shape index (κ3) is 3.04. The molecule has 0 amide bonds. The van der Waals surface area contributed by atoms with Crippen LogP contribution < -0.4 is 0 Å². The molecule has 1 atom stereocenters. The molecule has 1 aliphatic heterocycles. The highest BCUT2D eigenvalue weighted by Crippen LogP contribution is 2.25. The Labute approximate surface area is 82.7 Å². The van der Waals surface area contributed by atoms with Gasteiger partial charge in [-0.25, -0.2) is 0 Å². The molecule has 0 aromatic carbocycles. The summed E-state index contributed by atoms with van der Waals surface area (Å²) in [5, 5.41) is 1.05. The highest BCUT2D eigenvalue weighted by atomic mass is 79.9. The largest absolute Gasteiger partial charge is 0.384 e. The van der Waals surface area contributed by atoms with Gasteiger partial charge in [-0.1, -0.05) is 15.9 Å². The predicted molar refractivity (Wildman–Crippen MR) is 52.7 cm³/mol. The average molecular weight is 237 g/mol. The van der Waals surface area contributed by atoms with E-state index in [1.165, 1.54) is 12.8 Å². The average Bonchev–Trinajstić information content (AvgIpc) is 2.15. The summed E-state index contributed by atoms with van der Waals surface area (Å²) >= 11 is 3.53. The van der Waals surface area contributed by atoms with Crippen molar-refractivity contribution in [2.45, 2.75) is 12.8 Å². The topological polar surface area (TPSA) is 18.5 Å². The van der Waals surface area contributed by atoms with Gasteiger partial charge >= 0.3 is 0 Å². The van der Waals surface area contributed by atoms with Crippen LogP contribution in [0.5, 0.6) is 0 Å². The van der Waals surface area contributed by atoms with E-state index in [2.05, 4.69) is 15.9 Å². The van der Waals surface area contributed by atoms with E-state index >= 15 is 0 Å². The van der Waals surface area contributed by atoms with Gasteiger partial charge in [0, 0.05) is 25.7 Å². The molecule has 0 aromatic heterocycles. The molecule has 1 heterocycles. The van der Waals surface area contributed by atoms with Gasteiger partial charge in [-0.15, -0.1) is 0 Å². The van der Waals surface area contributed by atoms with Gasteiger partial charge in [0.1, 0.15) is 0 Å². The lowest BCUT2D eigenvalue weighted by Gasteiger charge is -2.28. The number of rotatable bonds is 4. The van der Waals surface area contributed by atoms with Gasteiger partial charge in [0.2, 0.25) is 0 Å². The van der Waals surface area contributed by atoms with Crippen molar-refractivity contribution in [2.24, 2.45) is 11.8 Å². The van der Waals surface area contributed by atoms with Gasteiger partial charge in [-0.05, 0) is 24.7 Å². The van der Waals surface area contributed by atoms with Crippen molar-refractivity contribution in [1.29, 1.82) is 0 Å². The van der Waals surface area contributed by atoms with Gasteiger partial charge < -0.3 is 9.47 Å². The molecular formula is C9H17BrO2. The number of hydrogen-bond donors (Lipinski definition) is 0. The van der Waals surface area contributed by atoms with Crippen molar-refractivity contribution in [1.82, 2.24) is 0 Å². The Morgan fingerprint density at radius 2 is 2.17 bits per heavy atom. The fourth-order valence-electron chi connectivity index (χ4n) is 1.71. The molecule has 0 aromatic rings. The quantitative estimate of drug-likeness (QED) is 0.697. The molecule has 0 bridgehead atoms. The Kier molecular flexibility index (Phi) is 5.19. The first-order chi connectivity index (χ1) is 5.88. The van der Waals surface area contributed by atoms with Gasteiger partial charge in [-0.2, -0.15) is 0 Å². The summed E-state index contributed by atoms with van der Waals surface area (Å²) in [4.78, 5) is 0. The SMILES string of the molecule is COCC(CBr)C1CCOCC1. The Hall–Kier alpha value is 0.400. The van der Waals surface area contributed by atoms with Gasteiger partial charge in [-0.3, -0.25) is 0 Å². The number of halogens is 1. The fraction of sp³-hybridized carbons (Fsp3) is 1.00. The Balaban J connectivity index is 2.29. The molecule has 1 saturated heterocycles. The first-order valence-electron chi connectivity index (χ1n) is 4.51. The molecule has 1 unspecified atom stereocenters. The van der Waals surface area contributed by atoms with Gasteiger partial charge in [0.05, 0.1) is 6.61 Å². The number of ether oxygens (including phenoxy) is 2. The molecule has 3 heteroatoms. The molecule has 0 radical (unpaired) electrons. The zero-order valence-corrected chi connectivity index (χ0v) is 9.18. The monoisotopic (exact) mass is 236 g/mol. The van der Waals surface area contributed by atoms with E-state index in [0.717, 1.165) is 31.1 Å². The number of methoxy groups -OCH3 is 1. The molecule has 72 valence electrons. The molecule has 0 saturated carbocycles. The molecule has 12 heavy (non-hydrogen) atoms. The summed E-state index contributed by atoms with van der Waals surface area (Å²) in [5.74, 6) is 1.46. The summed E-state index contributed by atoms with van der Waals surface area (Å²) in [6.45, 7) is 2.73. The van der Waals surface area contributed by atoms with Crippen LogP contribution in [0.2, 0.25) is 0 Å². The van der Waals surface area contributed by atoms with Crippen molar-refractivity contribution in [3.05, 3.63) is 0 Å². The molecule has 1 aliphatic rings. The third-order valence-corrected chi connectivity index (χ3v) is 3.34. The second-order valence-electron chi connectivity index (χ2n) is 3.32. The van der Waals surface area contributed by atoms with Crippen LogP contribution in [0.3, 0.4) is 0 Å². The van der Waals surface area contributed by atoms with Crippen LogP contribution in [-0.4, -0.2) is 32.3 Å². The molecule has 0 N–H and O–H groups in total. The second-order valence-corrected chi connectivity index (χ2v) is 3.97. The van der Waals surface area contributed by atoms with Gasteiger partial charge in [0.25, 0.3) is 0 Å². The van der Waals surface area contributed by atoms with Crippen molar-refractivity contribution < 1.29 is 9.47 Å². The van der Waals surface area contributed by atoms with E-state index in [1.54, 1.807) is 7.11 Å². The standard InChI is InChI=1S/C9H17BrO2/c1-11-7-9(6-10)8-2-4-12-5-3-8/h8-9H,2-7H2,1H3. The van der Waals surface area contributed by atoms with E-state index in [4.69, 9.17) is 9.47 Å². The second kappa shape index (κ2) is 5.95. The predicted octanol–water partition coefficient (Wildman–Crippen LogP) is 2.07. The summed E-state index contributed by atoms with van der Waals surface area (Å²) in [7, 11) is 1.77. The first-order valence-corrected chi connectivity index (χ1v) is 5.63. The maximum Gasteiger partial charge on any atom is 0.0501 e. The lowest BCUT2D eigenvalue weighted by atomic mass is 9.88. The highest BCUT2D eigenvalue weighted by Gasteiger charge is 2.22. The van der Waals surface area contributed by atoms with Crippen molar-refractivity contribution in [3.8, 4) is 0 Å². The molecule has 1 fully saturated rings. The molecule has 1 rings (SSSR count). The van der Waals surface area contributed by atoms with E-state index in [0.29, 0.717) is 5.92 Å². The zero-order chi connectivity index (χ0) is 8.81. The van der Waals surface area contributed by atoms with Crippen LogP contribution in [0.25, 0.3) is 0 Å². The summed E-state index contributed by atoms with van der Waals surface area (Å²) in [5.41, 5.74) is 0. The molecule has 0 aliphatic carbocycles. The number of hydrogen-bond acceptors (Lipinski definition) is 2. The van der Waals surface area contributed by atoms with Gasteiger partial charge in [0.15, 0.2) is 0 Å². The Morgan fingerprint density at radius 3 is 2.67 bits per heavy atom. The maximum absolute atomic E-state index is 5.32. The van der Waals surface area contributed by atoms with E-state index in [1.807, 2.05) is 0 Å². The summed E-state index contributed by atoms with van der Waals surface area (Å²) in [6, 6.07) is 0. The van der Waals surface area contributed by atoms with Crippen LogP contribution in [0.4, 0.5) is 0 Å². The minimum atomic E-state index is 0.666. The zero-order valence-electron chi connectivity index (χ0n) is 7.59. The lowest BCUT2D eigenvalue weighted by Crippen LogP contribution is -2.27. The lowest BCUT2D eigenvalue weighted by molar-refractivity contribution is 0.0320. The highest BCUT2D eigenvalue weighted by molar-refractivity contribution is 9.09. The molecular weight excluding hydrogens is 220 g/mol. The smallest absolute Gasteiger partial charge is 0.0501 e. The molecule has 2 nitrogen and oxygen atoms in total. The fourth-order valence-corrected chi connectivity index (χ4v) is 2.42. The van der Waals surface area contributed by atoms with Crippen LogP contribution in [-0.2, 0) is 9.47 Å². The third-order valence-electron chi connectivity index (χ3n) is 2.51. The van der Waals surface area contributed by atoms with E-state index in [-0.39, 0.29) is 0 Å². The summed E-state index contributed by atoms with van der Waals surface area (Å²) in [6.07, 6.45) is 2.39. The minimum Gasteiger partial charge on any atom is -0.384 e. The van der Waals surface area contributed by atoms with Crippen molar-refractivity contribution >= 4 is 15.9 Å². The molecule has 0 spiro atoms. The summed E-state index contributed by atoms with van der Waals surface area (Å²) < 4.78 is 10.5. The number of alkyl halides is 1. The normalized spacial score (nSPS) is 22.5. The van der Waals surface area contributed by atoms with Crippen LogP contribution in [0.1, 0.15) is 12.8 Å². The van der Waals surface area contributed by atoms with Crippen LogP contribution in [0, 0.1) is 11.8 Å². The van der Waals surface area contributed by atoms with Crippen LogP contribution >= 0.6 is 15.9 Å². The van der Waals surface area contributed by atoms with E-state index in [9.17, 15) is 0 Å². The maximum atomic E-state index is 5.32. The van der Waals surface area contributed by atoms with Crippen molar-refractivity contribution in [2.75, 3.05) is 32.3 Å². The van der Waals surface area contributed by atoms with Crippen LogP contribution in [0.15, 0.2) is 0 Å². The Bertz CT molecular complexity index is 110.